The van der Waals surface area contributed by atoms with E-state index in [1.54, 1.807) is 17.4 Å². The Morgan fingerprint density at radius 3 is 2.92 bits per heavy atom. The average Bonchev–Trinajstić information content (AvgIpc) is 2.46. The molecule has 0 aliphatic rings. The highest BCUT2D eigenvalue weighted by atomic mass is 127. The summed E-state index contributed by atoms with van der Waals surface area (Å²) in [7, 11) is 0. The molecule has 0 aliphatic heterocycles. The molecular formula is C9H3ClINS. The highest BCUT2D eigenvalue weighted by Gasteiger charge is 2.07. The van der Waals surface area contributed by atoms with Crippen molar-refractivity contribution in [3.63, 3.8) is 0 Å². The number of rotatable bonds is 0. The fourth-order valence-electron chi connectivity index (χ4n) is 1.18. The van der Waals surface area contributed by atoms with E-state index in [1.165, 1.54) is 0 Å². The number of halogens is 2. The second-order valence-electron chi connectivity index (χ2n) is 2.52. The number of hydrogen-bond acceptors (Lipinski definition) is 2. The topological polar surface area (TPSA) is 23.8 Å². The molecule has 1 aromatic heterocycles. The van der Waals surface area contributed by atoms with Crippen LogP contribution in [0.4, 0.5) is 0 Å². The largest absolute Gasteiger partial charge is 0.192 e. The van der Waals surface area contributed by atoms with Crippen molar-refractivity contribution in [2.45, 2.75) is 0 Å². The molecule has 0 atom stereocenters. The number of hydrogen-bond donors (Lipinski definition) is 0. The lowest BCUT2D eigenvalue weighted by molar-refractivity contribution is 1.51. The van der Waals surface area contributed by atoms with Crippen molar-refractivity contribution in [1.82, 2.24) is 0 Å². The molecular weight excluding hydrogens is 317 g/mol. The molecule has 0 amide bonds. The van der Waals surface area contributed by atoms with E-state index in [4.69, 9.17) is 16.9 Å². The fourth-order valence-corrected chi connectivity index (χ4v) is 3.49. The van der Waals surface area contributed by atoms with Crippen LogP contribution in [-0.4, -0.2) is 0 Å². The number of fused-ring (bicyclic) bond motifs is 1. The molecule has 13 heavy (non-hydrogen) atoms. The van der Waals surface area contributed by atoms with Gasteiger partial charge in [-0.2, -0.15) is 5.26 Å². The van der Waals surface area contributed by atoms with Gasteiger partial charge >= 0.3 is 0 Å². The highest BCUT2D eigenvalue weighted by Crippen LogP contribution is 2.32. The molecule has 0 radical (unpaired) electrons. The van der Waals surface area contributed by atoms with Crippen LogP contribution >= 0.6 is 45.5 Å². The van der Waals surface area contributed by atoms with Gasteiger partial charge in [-0.15, -0.1) is 11.3 Å². The van der Waals surface area contributed by atoms with Crippen LogP contribution < -0.4 is 0 Å². The van der Waals surface area contributed by atoms with Crippen LogP contribution in [0.1, 0.15) is 5.56 Å². The summed E-state index contributed by atoms with van der Waals surface area (Å²) >= 11 is 9.71. The monoisotopic (exact) mass is 319 g/mol. The van der Waals surface area contributed by atoms with Crippen LogP contribution in [0.5, 0.6) is 0 Å². The second kappa shape index (κ2) is 3.45. The summed E-state index contributed by atoms with van der Waals surface area (Å²) in [5.74, 6) is 0. The minimum absolute atomic E-state index is 0.627. The van der Waals surface area contributed by atoms with E-state index >= 15 is 0 Å². The van der Waals surface area contributed by atoms with Crippen molar-refractivity contribution in [2.75, 3.05) is 0 Å². The summed E-state index contributed by atoms with van der Waals surface area (Å²) in [6, 6.07) is 5.76. The maximum atomic E-state index is 8.90. The van der Waals surface area contributed by atoms with Crippen molar-refractivity contribution in [2.24, 2.45) is 0 Å². The molecule has 0 N–H and O–H groups in total. The summed E-state index contributed by atoms with van der Waals surface area (Å²) < 4.78 is 2.19. The van der Waals surface area contributed by atoms with E-state index in [2.05, 4.69) is 28.7 Å². The van der Waals surface area contributed by atoms with Gasteiger partial charge in [-0.1, -0.05) is 11.6 Å². The van der Waals surface area contributed by atoms with Gasteiger partial charge in [0.15, 0.2) is 0 Å². The quantitative estimate of drug-likeness (QED) is 0.673. The van der Waals surface area contributed by atoms with E-state index in [-0.39, 0.29) is 0 Å². The van der Waals surface area contributed by atoms with E-state index in [0.717, 1.165) is 13.7 Å². The highest BCUT2D eigenvalue weighted by molar-refractivity contribution is 14.1. The van der Waals surface area contributed by atoms with Gasteiger partial charge in [0.25, 0.3) is 0 Å². The zero-order valence-corrected chi connectivity index (χ0v) is 10.1. The second-order valence-corrected chi connectivity index (χ2v) is 5.03. The van der Waals surface area contributed by atoms with Crippen molar-refractivity contribution in [3.05, 3.63) is 31.7 Å². The van der Waals surface area contributed by atoms with E-state index in [1.807, 2.05) is 11.4 Å². The Labute approximate surface area is 98.1 Å². The lowest BCUT2D eigenvalue weighted by Crippen LogP contribution is -1.77. The third-order valence-corrected chi connectivity index (χ3v) is 4.14. The van der Waals surface area contributed by atoms with Crippen LogP contribution in [0.2, 0.25) is 5.02 Å². The van der Waals surface area contributed by atoms with E-state index < -0.39 is 0 Å². The third-order valence-electron chi connectivity index (χ3n) is 1.72. The van der Waals surface area contributed by atoms with Crippen molar-refractivity contribution >= 4 is 55.6 Å². The normalized spacial score (nSPS) is 10.2. The molecule has 2 aromatic rings. The van der Waals surface area contributed by atoms with Crippen molar-refractivity contribution in [3.8, 4) is 6.07 Å². The number of nitrogens with zero attached hydrogens (tertiary/aromatic N) is 1. The molecule has 64 valence electrons. The van der Waals surface area contributed by atoms with Crippen molar-refractivity contribution in [1.29, 1.82) is 5.26 Å². The average molecular weight is 320 g/mol. The van der Waals surface area contributed by atoms with Gasteiger partial charge < -0.3 is 0 Å². The maximum absolute atomic E-state index is 8.90. The Bertz CT molecular complexity index is 512. The van der Waals surface area contributed by atoms with Gasteiger partial charge in [0.2, 0.25) is 0 Å². The van der Waals surface area contributed by atoms with E-state index in [0.29, 0.717) is 10.6 Å². The zero-order valence-electron chi connectivity index (χ0n) is 6.34. The SMILES string of the molecule is N#Cc1cc(Cl)cc2scc(I)c12. The molecule has 2 rings (SSSR count). The van der Waals surface area contributed by atoms with Crippen LogP contribution in [0.25, 0.3) is 10.1 Å². The first-order chi connectivity index (χ1) is 6.22. The Hall–Kier alpha value is -0.310. The van der Waals surface area contributed by atoms with Crippen LogP contribution in [0.3, 0.4) is 0 Å². The maximum Gasteiger partial charge on any atom is 0.0999 e. The van der Waals surface area contributed by atoms with Crippen LogP contribution in [-0.2, 0) is 0 Å². The Morgan fingerprint density at radius 2 is 2.23 bits per heavy atom. The molecule has 1 heterocycles. The molecule has 0 unspecified atom stereocenters. The van der Waals surface area contributed by atoms with Crippen LogP contribution in [0, 0.1) is 14.9 Å². The van der Waals surface area contributed by atoms with Gasteiger partial charge in [-0.3, -0.25) is 0 Å². The summed E-state index contributed by atoms with van der Waals surface area (Å²) in [6.07, 6.45) is 0. The van der Waals surface area contributed by atoms with Gasteiger partial charge in [0.1, 0.15) is 0 Å². The Kier molecular flexibility index (Phi) is 2.45. The third kappa shape index (κ3) is 1.54. The minimum Gasteiger partial charge on any atom is -0.192 e. The molecule has 0 spiro atoms. The Morgan fingerprint density at radius 1 is 1.46 bits per heavy atom. The smallest absolute Gasteiger partial charge is 0.0999 e. The van der Waals surface area contributed by atoms with Gasteiger partial charge in [-0.25, -0.2) is 0 Å². The van der Waals surface area contributed by atoms with Gasteiger partial charge in [0.05, 0.1) is 11.6 Å². The molecule has 0 fully saturated rings. The predicted molar refractivity (Wildman–Crippen MR) is 64.3 cm³/mol. The molecule has 1 aromatic carbocycles. The number of thiophene rings is 1. The van der Waals surface area contributed by atoms with E-state index in [9.17, 15) is 0 Å². The van der Waals surface area contributed by atoms with Gasteiger partial charge in [-0.05, 0) is 34.7 Å². The fraction of sp³-hybridized carbons (Fsp3) is 0. The molecule has 0 saturated heterocycles. The molecule has 0 bridgehead atoms. The lowest BCUT2D eigenvalue weighted by atomic mass is 10.1. The number of benzene rings is 1. The zero-order chi connectivity index (χ0) is 9.42. The standard InChI is InChI=1S/C9H3ClINS/c10-6-1-5(3-12)9-7(11)4-13-8(9)2-6/h1-2,4H. The summed E-state index contributed by atoms with van der Waals surface area (Å²) in [6.45, 7) is 0. The number of nitriles is 1. The molecule has 0 aliphatic carbocycles. The van der Waals surface area contributed by atoms with Gasteiger partial charge in [0, 0.05) is 24.1 Å². The molecule has 1 nitrogen and oxygen atoms in total. The molecule has 4 heteroatoms. The summed E-state index contributed by atoms with van der Waals surface area (Å²) in [5, 5.41) is 12.6. The molecule has 0 saturated carbocycles. The Balaban J connectivity index is 2.95. The predicted octanol–water partition coefficient (Wildman–Crippen LogP) is 4.03. The van der Waals surface area contributed by atoms with Crippen LogP contribution in [0.15, 0.2) is 17.5 Å². The first-order valence-corrected chi connectivity index (χ1v) is 5.82. The first kappa shape index (κ1) is 9.25. The first-order valence-electron chi connectivity index (χ1n) is 3.48. The lowest BCUT2D eigenvalue weighted by Gasteiger charge is -1.95. The summed E-state index contributed by atoms with van der Waals surface area (Å²) in [4.78, 5) is 0. The minimum atomic E-state index is 0.627. The van der Waals surface area contributed by atoms with Crippen molar-refractivity contribution < 1.29 is 0 Å². The summed E-state index contributed by atoms with van der Waals surface area (Å²) in [5.41, 5.74) is 0.660.